The second-order valence-corrected chi connectivity index (χ2v) is 6.55. The number of amidine groups is 1. The smallest absolute Gasteiger partial charge is 0.152 e. The first-order valence-electron chi connectivity index (χ1n) is 8.11. The molecule has 2 atom stereocenters. The predicted octanol–water partition coefficient (Wildman–Crippen LogP) is 3.12. The minimum Gasteiger partial charge on any atom is -0.386 e. The van der Waals surface area contributed by atoms with Crippen molar-refractivity contribution < 1.29 is 13.5 Å². The van der Waals surface area contributed by atoms with Gasteiger partial charge in [0.05, 0.1) is 6.61 Å². The van der Waals surface area contributed by atoms with Crippen molar-refractivity contribution in [2.24, 2.45) is 10.7 Å². The monoisotopic (exact) mass is 323 g/mol. The lowest BCUT2D eigenvalue weighted by atomic mass is 9.87. The Kier molecular flexibility index (Phi) is 4.53. The number of nitrogens with one attached hydrogen (secondary N) is 1. The summed E-state index contributed by atoms with van der Waals surface area (Å²) in [5.74, 6) is -0.299. The average Bonchev–Trinajstić information content (AvgIpc) is 2.97. The number of rotatable bonds is 3. The molecule has 0 spiro atoms. The average molecular weight is 323 g/mol. The first kappa shape index (κ1) is 16.2. The van der Waals surface area contributed by atoms with Crippen LogP contribution in [-0.4, -0.2) is 31.3 Å². The normalized spacial score (nSPS) is 29.2. The molecule has 2 aliphatic rings. The third-order valence-electron chi connectivity index (χ3n) is 4.74. The fraction of sp³-hybridized carbons (Fsp3) is 0.588. The summed E-state index contributed by atoms with van der Waals surface area (Å²) in [5.41, 5.74) is 5.38. The fourth-order valence-electron chi connectivity index (χ4n) is 3.37. The van der Waals surface area contributed by atoms with Gasteiger partial charge in [-0.2, -0.15) is 0 Å². The summed E-state index contributed by atoms with van der Waals surface area (Å²) in [5, 5.41) is 3.41. The van der Waals surface area contributed by atoms with Gasteiger partial charge in [0.25, 0.3) is 0 Å². The van der Waals surface area contributed by atoms with E-state index in [0.717, 1.165) is 18.5 Å². The van der Waals surface area contributed by atoms with Crippen LogP contribution in [0, 0.1) is 5.82 Å². The molecule has 1 aliphatic heterocycles. The number of hydrogen-bond acceptors (Lipinski definition) is 4. The van der Waals surface area contributed by atoms with Crippen LogP contribution in [0.2, 0.25) is 0 Å². The third-order valence-corrected chi connectivity index (χ3v) is 4.74. The lowest BCUT2D eigenvalue weighted by Crippen LogP contribution is -2.35. The van der Waals surface area contributed by atoms with E-state index in [1.165, 1.54) is 18.9 Å². The van der Waals surface area contributed by atoms with Crippen LogP contribution in [-0.2, 0) is 10.3 Å². The van der Waals surface area contributed by atoms with Crippen molar-refractivity contribution in [3.8, 4) is 0 Å². The Labute approximate surface area is 135 Å². The molecule has 0 bridgehead atoms. The number of nitrogens with zero attached hydrogens (tertiary/aromatic N) is 1. The fourth-order valence-corrected chi connectivity index (χ4v) is 3.37. The van der Waals surface area contributed by atoms with E-state index in [0.29, 0.717) is 6.04 Å². The van der Waals surface area contributed by atoms with Gasteiger partial charge in [0.15, 0.2) is 6.17 Å². The standard InChI is InChI=1S/C17H23F2N3O/c1-17(15(19)9-23-10-16(20)22-17)13-8-12(6-7-14(13)18)21-11-4-2-3-5-11/h6-8,11,15,21H,2-5,9-10H2,1H3,(H2,20,22). The molecule has 0 aromatic heterocycles. The van der Waals surface area contributed by atoms with E-state index in [1.807, 2.05) is 0 Å². The number of benzene rings is 1. The first-order chi connectivity index (χ1) is 11.0. The second-order valence-electron chi connectivity index (χ2n) is 6.55. The maximum absolute atomic E-state index is 14.6. The van der Waals surface area contributed by atoms with Crippen molar-refractivity contribution in [1.29, 1.82) is 0 Å². The van der Waals surface area contributed by atoms with Crippen LogP contribution in [0.3, 0.4) is 0 Å². The molecular formula is C17H23F2N3O. The molecule has 3 N–H and O–H groups in total. The molecule has 6 heteroatoms. The van der Waals surface area contributed by atoms with Gasteiger partial charge in [-0.05, 0) is 38.0 Å². The van der Waals surface area contributed by atoms with Crippen molar-refractivity contribution in [1.82, 2.24) is 0 Å². The maximum atomic E-state index is 14.6. The third kappa shape index (κ3) is 3.32. The van der Waals surface area contributed by atoms with E-state index in [4.69, 9.17) is 10.5 Å². The molecule has 23 heavy (non-hydrogen) atoms. The summed E-state index contributed by atoms with van der Waals surface area (Å²) < 4.78 is 34.1. The largest absolute Gasteiger partial charge is 0.386 e. The molecule has 1 aliphatic carbocycles. The highest BCUT2D eigenvalue weighted by molar-refractivity contribution is 5.82. The zero-order chi connectivity index (χ0) is 16.4. The summed E-state index contributed by atoms with van der Waals surface area (Å²) in [6, 6.07) is 5.10. The molecule has 1 saturated carbocycles. The van der Waals surface area contributed by atoms with E-state index in [2.05, 4.69) is 10.3 Å². The van der Waals surface area contributed by atoms with Gasteiger partial charge < -0.3 is 15.8 Å². The molecule has 0 saturated heterocycles. The Balaban J connectivity index is 1.94. The van der Waals surface area contributed by atoms with Gasteiger partial charge in [-0.25, -0.2) is 8.78 Å². The van der Waals surface area contributed by atoms with Crippen LogP contribution in [0.1, 0.15) is 38.2 Å². The molecule has 1 heterocycles. The number of halogens is 2. The highest BCUT2D eigenvalue weighted by Crippen LogP contribution is 2.36. The van der Waals surface area contributed by atoms with E-state index in [-0.39, 0.29) is 24.6 Å². The van der Waals surface area contributed by atoms with E-state index < -0.39 is 17.5 Å². The Morgan fingerprint density at radius 3 is 2.83 bits per heavy atom. The van der Waals surface area contributed by atoms with Gasteiger partial charge >= 0.3 is 0 Å². The summed E-state index contributed by atoms with van der Waals surface area (Å²) in [6.45, 7) is 1.48. The van der Waals surface area contributed by atoms with E-state index in [1.54, 1.807) is 19.1 Å². The Morgan fingerprint density at radius 2 is 2.09 bits per heavy atom. The van der Waals surface area contributed by atoms with Gasteiger partial charge in [0.1, 0.15) is 23.8 Å². The molecule has 3 rings (SSSR count). The summed E-state index contributed by atoms with van der Waals surface area (Å²) in [4.78, 5) is 4.22. The van der Waals surface area contributed by atoms with Crippen molar-refractivity contribution in [2.45, 2.75) is 50.4 Å². The molecule has 1 aromatic carbocycles. The van der Waals surface area contributed by atoms with Crippen molar-refractivity contribution in [3.05, 3.63) is 29.6 Å². The van der Waals surface area contributed by atoms with Gasteiger partial charge in [-0.3, -0.25) is 4.99 Å². The molecule has 1 aromatic rings. The van der Waals surface area contributed by atoms with Gasteiger partial charge in [-0.1, -0.05) is 12.8 Å². The first-order valence-corrected chi connectivity index (χ1v) is 8.11. The number of aliphatic imine (C=N–C) groups is 1. The molecule has 0 amide bonds. The molecule has 0 radical (unpaired) electrons. The summed E-state index contributed by atoms with van der Waals surface area (Å²) in [6.07, 6.45) is 3.16. The van der Waals surface area contributed by atoms with Crippen LogP contribution in [0.25, 0.3) is 0 Å². The Bertz CT molecular complexity index is 602. The highest BCUT2D eigenvalue weighted by Gasteiger charge is 2.40. The van der Waals surface area contributed by atoms with Gasteiger partial charge in [0, 0.05) is 17.3 Å². The van der Waals surface area contributed by atoms with Crippen LogP contribution < -0.4 is 11.1 Å². The van der Waals surface area contributed by atoms with E-state index in [9.17, 15) is 8.78 Å². The highest BCUT2D eigenvalue weighted by atomic mass is 19.1. The van der Waals surface area contributed by atoms with Crippen LogP contribution in [0.15, 0.2) is 23.2 Å². The van der Waals surface area contributed by atoms with Gasteiger partial charge in [0.2, 0.25) is 0 Å². The Morgan fingerprint density at radius 1 is 1.35 bits per heavy atom. The second kappa shape index (κ2) is 6.43. The van der Waals surface area contributed by atoms with Crippen LogP contribution in [0.4, 0.5) is 14.5 Å². The number of anilines is 1. The minimum absolute atomic E-state index is 0.0671. The zero-order valence-electron chi connectivity index (χ0n) is 13.3. The molecule has 2 unspecified atom stereocenters. The predicted molar refractivity (Wildman–Crippen MR) is 87.0 cm³/mol. The van der Waals surface area contributed by atoms with Crippen LogP contribution >= 0.6 is 0 Å². The SMILES string of the molecule is CC1(c2cc(NC3CCCC3)ccc2F)N=C(N)COCC1F. The van der Waals surface area contributed by atoms with Crippen molar-refractivity contribution >= 4 is 11.5 Å². The van der Waals surface area contributed by atoms with Crippen molar-refractivity contribution in [2.75, 3.05) is 18.5 Å². The Hall–Kier alpha value is -1.69. The van der Waals surface area contributed by atoms with Crippen LogP contribution in [0.5, 0.6) is 0 Å². The number of alkyl halides is 1. The quantitative estimate of drug-likeness (QED) is 0.898. The summed E-state index contributed by atoms with van der Waals surface area (Å²) >= 11 is 0. The topological polar surface area (TPSA) is 59.6 Å². The lowest BCUT2D eigenvalue weighted by Gasteiger charge is -2.29. The maximum Gasteiger partial charge on any atom is 0.152 e. The zero-order valence-corrected chi connectivity index (χ0v) is 13.3. The molecule has 1 fully saturated rings. The number of ether oxygens (including phenoxy) is 1. The van der Waals surface area contributed by atoms with Gasteiger partial charge in [-0.15, -0.1) is 0 Å². The molecule has 126 valence electrons. The minimum atomic E-state index is -1.46. The van der Waals surface area contributed by atoms with Crippen molar-refractivity contribution in [3.63, 3.8) is 0 Å². The lowest BCUT2D eigenvalue weighted by molar-refractivity contribution is 0.0755. The number of nitrogens with two attached hydrogens (primary N) is 1. The molecule has 4 nitrogen and oxygen atoms in total. The summed E-state index contributed by atoms with van der Waals surface area (Å²) in [7, 11) is 0. The number of hydrogen-bond donors (Lipinski definition) is 2. The van der Waals surface area contributed by atoms with E-state index >= 15 is 0 Å². The molecular weight excluding hydrogens is 300 g/mol.